The summed E-state index contributed by atoms with van der Waals surface area (Å²) in [6.07, 6.45) is -3.16. The maximum absolute atomic E-state index is 14.5. The van der Waals surface area contributed by atoms with E-state index in [1.165, 1.54) is 18.5 Å². The molecule has 1 aliphatic heterocycles. The highest BCUT2D eigenvalue weighted by molar-refractivity contribution is 5.52. The second-order valence-corrected chi connectivity index (χ2v) is 5.51. The lowest BCUT2D eigenvalue weighted by molar-refractivity contribution is -0.137. The minimum Gasteiger partial charge on any atom is -0.377 e. The van der Waals surface area contributed by atoms with Crippen molar-refractivity contribution in [2.45, 2.75) is 12.2 Å². The van der Waals surface area contributed by atoms with Gasteiger partial charge in [0, 0.05) is 13.6 Å². The molecule has 0 aliphatic carbocycles. The Bertz CT molecular complexity index is 736. The molecule has 0 spiro atoms. The molecule has 0 bridgehead atoms. The normalized spacial score (nSPS) is 18.3. The molecular weight excluding hydrogens is 340 g/mol. The van der Waals surface area contributed by atoms with Gasteiger partial charge in [-0.15, -0.1) is 0 Å². The Morgan fingerprint density at radius 3 is 2.56 bits per heavy atom. The average molecular weight is 356 g/mol. The van der Waals surface area contributed by atoms with Crippen molar-refractivity contribution in [2.24, 2.45) is 0 Å². The van der Waals surface area contributed by atoms with Crippen molar-refractivity contribution in [3.05, 3.63) is 47.5 Å². The summed E-state index contributed by atoms with van der Waals surface area (Å²) in [5.41, 5.74) is -0.137. The zero-order chi connectivity index (χ0) is 18.0. The molecule has 1 N–H and O–H groups in total. The topological polar surface area (TPSA) is 50.3 Å². The number of rotatable bonds is 3. The van der Waals surface area contributed by atoms with Crippen LogP contribution in [0.25, 0.3) is 0 Å². The van der Waals surface area contributed by atoms with Crippen LogP contribution in [0.4, 0.5) is 29.2 Å². The van der Waals surface area contributed by atoms with Crippen molar-refractivity contribution in [1.82, 2.24) is 9.97 Å². The highest BCUT2D eigenvalue weighted by atomic mass is 19.4. The van der Waals surface area contributed by atoms with Gasteiger partial charge in [-0.3, -0.25) is 0 Å². The number of hydrogen-bond acceptors (Lipinski definition) is 5. The zero-order valence-electron chi connectivity index (χ0n) is 13.3. The van der Waals surface area contributed by atoms with Gasteiger partial charge >= 0.3 is 6.18 Å². The highest BCUT2D eigenvalue weighted by Crippen LogP contribution is 2.34. The molecule has 1 aromatic carbocycles. The van der Waals surface area contributed by atoms with Crippen molar-refractivity contribution in [3.8, 4) is 0 Å². The van der Waals surface area contributed by atoms with Gasteiger partial charge in [0.25, 0.3) is 0 Å². The Labute approximate surface area is 141 Å². The van der Waals surface area contributed by atoms with Crippen LogP contribution in [0.1, 0.15) is 17.2 Å². The van der Waals surface area contributed by atoms with Crippen LogP contribution < -0.4 is 10.2 Å². The largest absolute Gasteiger partial charge is 0.416 e. The minimum atomic E-state index is -4.40. The smallest absolute Gasteiger partial charge is 0.377 e. The van der Waals surface area contributed by atoms with Gasteiger partial charge in [-0.05, 0) is 17.7 Å². The Morgan fingerprint density at radius 2 is 1.92 bits per heavy atom. The molecule has 1 atom stereocenters. The molecule has 1 aromatic heterocycles. The minimum absolute atomic E-state index is 0.0580. The van der Waals surface area contributed by atoms with E-state index >= 15 is 0 Å². The predicted molar refractivity (Wildman–Crippen MR) is 83.9 cm³/mol. The van der Waals surface area contributed by atoms with Crippen LogP contribution in [-0.4, -0.2) is 36.8 Å². The molecule has 3 rings (SSSR count). The molecule has 0 saturated carbocycles. The molecule has 134 valence electrons. The van der Waals surface area contributed by atoms with E-state index in [0.29, 0.717) is 18.7 Å². The van der Waals surface area contributed by atoms with Crippen molar-refractivity contribution >= 4 is 11.6 Å². The van der Waals surface area contributed by atoms with E-state index in [4.69, 9.17) is 4.74 Å². The van der Waals surface area contributed by atoms with E-state index in [-0.39, 0.29) is 18.2 Å². The number of morpholine rings is 1. The fourth-order valence-electron chi connectivity index (χ4n) is 2.76. The number of alkyl halides is 3. The number of nitrogens with zero attached hydrogens (tertiary/aromatic N) is 3. The van der Waals surface area contributed by atoms with Crippen LogP contribution in [0.2, 0.25) is 0 Å². The SMILES string of the molecule is CNc1ncnc(N2CCOC[C@@H]2c2ccc(C(F)(F)F)cc2)c1F. The van der Waals surface area contributed by atoms with E-state index in [0.717, 1.165) is 12.1 Å². The second kappa shape index (κ2) is 6.83. The molecule has 9 heteroatoms. The fraction of sp³-hybridized carbons (Fsp3) is 0.375. The quantitative estimate of drug-likeness (QED) is 0.856. The van der Waals surface area contributed by atoms with Crippen LogP contribution in [0.5, 0.6) is 0 Å². The van der Waals surface area contributed by atoms with E-state index in [1.54, 1.807) is 11.9 Å². The van der Waals surface area contributed by atoms with Crippen molar-refractivity contribution < 1.29 is 22.3 Å². The molecule has 0 radical (unpaired) electrons. The standard InChI is InChI=1S/C16H16F4N4O/c1-21-14-13(17)15(23-9-22-14)24-6-7-25-8-12(24)10-2-4-11(5-3-10)16(18,19)20/h2-5,9,12H,6-8H2,1H3,(H,21,22,23)/t12-/m1/s1. The van der Waals surface area contributed by atoms with E-state index in [2.05, 4.69) is 15.3 Å². The lowest BCUT2D eigenvalue weighted by Crippen LogP contribution is -2.40. The Kier molecular flexibility index (Phi) is 4.76. The number of ether oxygens (including phenoxy) is 1. The van der Waals surface area contributed by atoms with Gasteiger partial charge in [-0.2, -0.15) is 17.6 Å². The highest BCUT2D eigenvalue weighted by Gasteiger charge is 2.32. The van der Waals surface area contributed by atoms with Crippen LogP contribution >= 0.6 is 0 Å². The maximum Gasteiger partial charge on any atom is 0.416 e. The third kappa shape index (κ3) is 3.51. The molecule has 25 heavy (non-hydrogen) atoms. The Balaban J connectivity index is 1.94. The third-order valence-corrected chi connectivity index (χ3v) is 4.03. The lowest BCUT2D eigenvalue weighted by Gasteiger charge is -2.37. The summed E-state index contributed by atoms with van der Waals surface area (Å²) < 4.78 is 58.2. The van der Waals surface area contributed by atoms with Gasteiger partial charge < -0.3 is 15.0 Å². The number of hydrogen-bond donors (Lipinski definition) is 1. The summed E-state index contributed by atoms with van der Waals surface area (Å²) in [7, 11) is 1.54. The van der Waals surface area contributed by atoms with Gasteiger partial charge in [-0.1, -0.05) is 12.1 Å². The van der Waals surface area contributed by atoms with E-state index in [9.17, 15) is 17.6 Å². The van der Waals surface area contributed by atoms with Crippen molar-refractivity contribution in [1.29, 1.82) is 0 Å². The van der Waals surface area contributed by atoms with Gasteiger partial charge in [0.1, 0.15) is 6.33 Å². The summed E-state index contributed by atoms with van der Waals surface area (Å²) in [6.45, 7) is 0.960. The van der Waals surface area contributed by atoms with Gasteiger partial charge in [0.05, 0.1) is 24.8 Å². The summed E-state index contributed by atoms with van der Waals surface area (Å²) in [4.78, 5) is 9.50. The second-order valence-electron chi connectivity index (χ2n) is 5.51. The van der Waals surface area contributed by atoms with Crippen LogP contribution in [-0.2, 0) is 10.9 Å². The number of anilines is 2. The first-order chi connectivity index (χ1) is 11.9. The fourth-order valence-corrected chi connectivity index (χ4v) is 2.76. The maximum atomic E-state index is 14.5. The molecule has 1 saturated heterocycles. The first-order valence-corrected chi connectivity index (χ1v) is 7.61. The Hall–Kier alpha value is -2.42. The summed E-state index contributed by atoms with van der Waals surface area (Å²) in [5.74, 6) is -0.459. The van der Waals surface area contributed by atoms with E-state index < -0.39 is 23.6 Å². The van der Waals surface area contributed by atoms with Gasteiger partial charge in [0.2, 0.25) is 5.82 Å². The molecular formula is C16H16F4N4O. The molecule has 0 amide bonds. The zero-order valence-corrected chi connectivity index (χ0v) is 13.3. The number of halogens is 4. The predicted octanol–water partition coefficient (Wildman–Crippen LogP) is 3.25. The molecule has 1 aliphatic rings. The molecule has 5 nitrogen and oxygen atoms in total. The van der Waals surface area contributed by atoms with Gasteiger partial charge in [-0.25, -0.2) is 9.97 Å². The molecule has 2 aromatic rings. The first-order valence-electron chi connectivity index (χ1n) is 7.61. The molecule has 0 unspecified atom stereocenters. The van der Waals surface area contributed by atoms with Crippen LogP contribution in [0, 0.1) is 5.82 Å². The number of benzene rings is 1. The summed E-state index contributed by atoms with van der Waals surface area (Å²) in [6, 6.07) is 4.35. The monoisotopic (exact) mass is 356 g/mol. The molecule has 1 fully saturated rings. The first kappa shape index (κ1) is 17.4. The van der Waals surface area contributed by atoms with E-state index in [1.807, 2.05) is 0 Å². The molecule has 2 heterocycles. The third-order valence-electron chi connectivity index (χ3n) is 4.03. The average Bonchev–Trinajstić information content (AvgIpc) is 2.61. The van der Waals surface area contributed by atoms with Crippen molar-refractivity contribution in [2.75, 3.05) is 37.0 Å². The number of aromatic nitrogens is 2. The van der Waals surface area contributed by atoms with Crippen LogP contribution in [0.3, 0.4) is 0 Å². The summed E-state index contributed by atoms with van der Waals surface area (Å²) in [5, 5.41) is 2.64. The summed E-state index contributed by atoms with van der Waals surface area (Å²) >= 11 is 0. The number of nitrogens with one attached hydrogen (secondary N) is 1. The Morgan fingerprint density at radius 1 is 1.20 bits per heavy atom. The van der Waals surface area contributed by atoms with Crippen molar-refractivity contribution in [3.63, 3.8) is 0 Å². The van der Waals surface area contributed by atoms with Gasteiger partial charge in [0.15, 0.2) is 11.6 Å². The van der Waals surface area contributed by atoms with Crippen LogP contribution in [0.15, 0.2) is 30.6 Å². The lowest BCUT2D eigenvalue weighted by atomic mass is 10.0.